The first-order valence-electron chi connectivity index (χ1n) is 10.6. The molecule has 0 radical (unpaired) electrons. The van der Waals surface area contributed by atoms with E-state index >= 15 is 0 Å². The summed E-state index contributed by atoms with van der Waals surface area (Å²) in [6.45, 7) is 1.91. The van der Waals surface area contributed by atoms with Crippen molar-refractivity contribution in [3.8, 4) is 0 Å². The number of nitrogens with zero attached hydrogens (tertiary/aromatic N) is 2. The molecule has 1 amide bonds. The zero-order valence-electron chi connectivity index (χ0n) is 16.8. The summed E-state index contributed by atoms with van der Waals surface area (Å²) < 4.78 is 0.457. The van der Waals surface area contributed by atoms with Crippen LogP contribution in [0.4, 0.5) is 11.5 Å². The van der Waals surface area contributed by atoms with Gasteiger partial charge in [-0.2, -0.15) is 0 Å². The van der Waals surface area contributed by atoms with Gasteiger partial charge in [0.15, 0.2) is 0 Å². The molecule has 3 heterocycles. The van der Waals surface area contributed by atoms with Crippen LogP contribution in [0.3, 0.4) is 0 Å². The second-order valence-corrected chi connectivity index (χ2v) is 10.5. The van der Waals surface area contributed by atoms with Crippen LogP contribution in [-0.4, -0.2) is 35.5 Å². The highest BCUT2D eigenvalue weighted by atomic mass is 32.2. The first-order valence-corrected chi connectivity index (χ1v) is 12.7. The Kier molecular flexibility index (Phi) is 5.86. The second-order valence-electron chi connectivity index (χ2n) is 7.75. The zero-order valence-corrected chi connectivity index (χ0v) is 18.5. The van der Waals surface area contributed by atoms with Crippen molar-refractivity contribution >= 4 is 51.8 Å². The fraction of sp³-hybridized carbons (Fsp3) is 0.333. The molecule has 4 nitrogen and oxygen atoms in total. The molecule has 0 bridgehead atoms. The number of hydrogen-bond donors (Lipinski definition) is 1. The highest BCUT2D eigenvalue weighted by Crippen LogP contribution is 2.44. The van der Waals surface area contributed by atoms with Gasteiger partial charge in [0.05, 0.1) is 15.7 Å². The number of para-hydroxylation sites is 1. The summed E-state index contributed by atoms with van der Waals surface area (Å²) in [5.74, 6) is 3.13. The largest absolute Gasteiger partial charge is 0.356 e. The van der Waals surface area contributed by atoms with Crippen LogP contribution in [0, 0.1) is 0 Å². The zero-order chi connectivity index (χ0) is 20.3. The Hall–Kier alpha value is -2.18. The lowest BCUT2D eigenvalue weighted by molar-refractivity contribution is 0.102. The maximum absolute atomic E-state index is 13.3. The lowest BCUT2D eigenvalue weighted by atomic mass is 10.1. The summed E-state index contributed by atoms with van der Waals surface area (Å²) in [6, 6.07) is 18.3. The van der Waals surface area contributed by atoms with Gasteiger partial charge >= 0.3 is 0 Å². The molecule has 30 heavy (non-hydrogen) atoms. The molecule has 0 spiro atoms. The third-order valence-electron chi connectivity index (χ3n) is 5.60. The molecule has 2 saturated heterocycles. The van der Waals surface area contributed by atoms with E-state index in [0.717, 1.165) is 48.3 Å². The van der Waals surface area contributed by atoms with Crippen LogP contribution in [0.25, 0.3) is 10.9 Å². The topological polar surface area (TPSA) is 45.2 Å². The van der Waals surface area contributed by atoms with Crippen LogP contribution in [0.5, 0.6) is 0 Å². The predicted octanol–water partition coefficient (Wildman–Crippen LogP) is 5.96. The molecule has 2 aliphatic rings. The molecular weight excluding hydrogens is 410 g/mol. The summed E-state index contributed by atoms with van der Waals surface area (Å²) in [6.07, 6.45) is 3.57. The molecule has 2 aromatic carbocycles. The van der Waals surface area contributed by atoms with Crippen LogP contribution < -0.4 is 10.2 Å². The van der Waals surface area contributed by atoms with Gasteiger partial charge in [-0.1, -0.05) is 30.3 Å². The maximum Gasteiger partial charge on any atom is 0.259 e. The van der Waals surface area contributed by atoms with E-state index in [-0.39, 0.29) is 5.91 Å². The number of rotatable bonds is 4. The molecule has 3 aromatic rings. The highest BCUT2D eigenvalue weighted by Gasteiger charge is 2.23. The number of fused-ring (bicyclic) bond motifs is 1. The molecule has 2 aliphatic heterocycles. The summed E-state index contributed by atoms with van der Waals surface area (Å²) in [4.78, 5) is 20.4. The monoisotopic (exact) mass is 435 g/mol. The third-order valence-corrected chi connectivity index (χ3v) is 8.61. The van der Waals surface area contributed by atoms with E-state index in [1.165, 1.54) is 23.5 Å². The molecule has 0 atom stereocenters. The van der Waals surface area contributed by atoms with Crippen LogP contribution in [0.2, 0.25) is 0 Å². The van der Waals surface area contributed by atoms with Gasteiger partial charge in [-0.3, -0.25) is 4.79 Å². The van der Waals surface area contributed by atoms with E-state index in [1.807, 2.05) is 66.0 Å². The average molecular weight is 436 g/mol. The van der Waals surface area contributed by atoms with Gasteiger partial charge in [-0.25, -0.2) is 4.98 Å². The Morgan fingerprint density at radius 3 is 2.60 bits per heavy atom. The second kappa shape index (κ2) is 8.90. The number of carbonyl (C=O) groups is 1. The minimum Gasteiger partial charge on any atom is -0.356 e. The first kappa shape index (κ1) is 19.8. The Labute approximate surface area is 185 Å². The van der Waals surface area contributed by atoms with Crippen LogP contribution >= 0.6 is 23.5 Å². The van der Waals surface area contributed by atoms with Crippen molar-refractivity contribution in [3.63, 3.8) is 0 Å². The number of aromatic nitrogens is 1. The number of thioether (sulfide) groups is 2. The maximum atomic E-state index is 13.3. The Morgan fingerprint density at radius 1 is 0.967 bits per heavy atom. The minimum atomic E-state index is -0.0868. The van der Waals surface area contributed by atoms with E-state index in [2.05, 4.69) is 22.3 Å². The van der Waals surface area contributed by atoms with Crippen molar-refractivity contribution in [1.82, 2.24) is 4.98 Å². The molecule has 5 rings (SSSR count). The number of pyridine rings is 1. The lowest BCUT2D eigenvalue weighted by Gasteiger charge is -2.22. The van der Waals surface area contributed by atoms with Gasteiger partial charge in [0.2, 0.25) is 0 Å². The predicted molar refractivity (Wildman–Crippen MR) is 130 cm³/mol. The Balaban J connectivity index is 1.45. The van der Waals surface area contributed by atoms with E-state index < -0.39 is 0 Å². The number of nitrogens with one attached hydrogen (secondary N) is 1. The molecule has 0 saturated carbocycles. The summed E-state index contributed by atoms with van der Waals surface area (Å²) in [5.41, 5.74) is 3.72. The minimum absolute atomic E-state index is 0.0868. The lowest BCUT2D eigenvalue weighted by Crippen LogP contribution is -2.24. The fourth-order valence-electron chi connectivity index (χ4n) is 4.08. The van der Waals surface area contributed by atoms with E-state index in [1.54, 1.807) is 0 Å². The quantitative estimate of drug-likeness (QED) is 0.548. The average Bonchev–Trinajstić information content (AvgIpc) is 3.34. The summed E-state index contributed by atoms with van der Waals surface area (Å²) >= 11 is 3.99. The number of amides is 1. The van der Waals surface area contributed by atoms with Crippen molar-refractivity contribution in [1.29, 1.82) is 0 Å². The molecule has 2 fully saturated rings. The van der Waals surface area contributed by atoms with Crippen LogP contribution in [-0.2, 0) is 0 Å². The summed E-state index contributed by atoms with van der Waals surface area (Å²) in [5, 5.41) is 4.14. The molecule has 1 N–H and O–H groups in total. The number of hydrogen-bond acceptors (Lipinski definition) is 5. The molecular formula is C24H25N3OS2. The van der Waals surface area contributed by atoms with Gasteiger partial charge in [-0.15, -0.1) is 23.5 Å². The van der Waals surface area contributed by atoms with Gasteiger partial charge in [0.1, 0.15) is 5.82 Å². The fourth-order valence-corrected chi connectivity index (χ4v) is 6.96. The summed E-state index contributed by atoms with van der Waals surface area (Å²) in [7, 11) is 0. The third kappa shape index (κ3) is 4.16. The molecule has 154 valence electrons. The van der Waals surface area contributed by atoms with Crippen molar-refractivity contribution in [2.24, 2.45) is 0 Å². The Morgan fingerprint density at radius 2 is 1.77 bits per heavy atom. The van der Waals surface area contributed by atoms with Gasteiger partial charge < -0.3 is 10.2 Å². The van der Waals surface area contributed by atoms with Gasteiger partial charge in [0.25, 0.3) is 5.91 Å². The van der Waals surface area contributed by atoms with Gasteiger partial charge in [0, 0.05) is 24.2 Å². The molecule has 6 heteroatoms. The molecule has 0 unspecified atom stereocenters. The first-order chi connectivity index (χ1) is 14.8. The normalized spacial score (nSPS) is 17.4. The van der Waals surface area contributed by atoms with Crippen LogP contribution in [0.1, 0.15) is 39.8 Å². The Bertz CT molecular complexity index is 1060. The van der Waals surface area contributed by atoms with Crippen molar-refractivity contribution in [3.05, 3.63) is 65.7 Å². The number of carbonyl (C=O) groups excluding carboxylic acids is 1. The van der Waals surface area contributed by atoms with E-state index in [0.29, 0.717) is 10.1 Å². The number of benzene rings is 2. The van der Waals surface area contributed by atoms with E-state index in [4.69, 9.17) is 4.98 Å². The van der Waals surface area contributed by atoms with Gasteiger partial charge in [-0.05, 0) is 60.6 Å². The smallest absolute Gasteiger partial charge is 0.259 e. The molecule has 1 aromatic heterocycles. The van der Waals surface area contributed by atoms with Crippen molar-refractivity contribution in [2.75, 3.05) is 34.8 Å². The van der Waals surface area contributed by atoms with Crippen molar-refractivity contribution < 1.29 is 4.79 Å². The SMILES string of the molecule is O=C(Nc1cccc(C2SCCCS2)c1)c1cc2ccccc2nc1N1CCCC1. The molecule has 0 aliphatic carbocycles. The van der Waals surface area contributed by atoms with Crippen LogP contribution in [0.15, 0.2) is 54.6 Å². The number of anilines is 2. The van der Waals surface area contributed by atoms with E-state index in [9.17, 15) is 4.79 Å². The standard InChI is InChI=1S/C24H25N3OS2/c28-23(25-19-9-5-8-18(15-19)24-29-13-6-14-30-24)20-16-17-7-1-2-10-21(17)26-22(20)27-11-3-4-12-27/h1-2,5,7-10,15-16,24H,3-4,6,11-14H2,(H,25,28). The highest BCUT2D eigenvalue weighted by molar-refractivity contribution is 8.16. The van der Waals surface area contributed by atoms with Crippen molar-refractivity contribution in [2.45, 2.75) is 23.8 Å².